The molecule has 10 heteroatoms. The molecule has 4 heterocycles. The first-order valence-electron chi connectivity index (χ1n) is 10.0. The Morgan fingerprint density at radius 1 is 1.15 bits per heavy atom. The molecule has 4 rings (SSSR count). The zero-order chi connectivity index (χ0) is 23.5. The van der Waals surface area contributed by atoms with Crippen molar-refractivity contribution in [1.29, 1.82) is 0 Å². The number of hydrogen-bond donors (Lipinski definition) is 1. The van der Waals surface area contributed by atoms with Gasteiger partial charge in [0.1, 0.15) is 10.5 Å². The molecule has 0 saturated carbocycles. The van der Waals surface area contributed by atoms with Gasteiger partial charge < -0.3 is 15.2 Å². The number of nitrogens with two attached hydrogens (primary N) is 1. The maximum Gasteiger partial charge on any atom is 0.338 e. The zero-order valence-corrected chi connectivity index (χ0v) is 18.7. The molecule has 9 nitrogen and oxygen atoms in total. The van der Waals surface area contributed by atoms with Crippen LogP contribution in [0.25, 0.3) is 17.5 Å². The van der Waals surface area contributed by atoms with Gasteiger partial charge in [-0.15, -0.1) is 11.3 Å². The summed E-state index contributed by atoms with van der Waals surface area (Å²) in [5.74, 6) is -2.44. The number of aromatic nitrogens is 3. The summed E-state index contributed by atoms with van der Waals surface area (Å²) in [7, 11) is 1.24. The van der Waals surface area contributed by atoms with Gasteiger partial charge in [-0.05, 0) is 36.3 Å². The number of nitrogens with zero attached hydrogens (tertiary/aromatic N) is 3. The molecule has 0 amide bonds. The molecular formula is C23H20N4O5S. The Labute approximate surface area is 192 Å². The fraction of sp³-hybridized carbons (Fsp3) is 0.174. The number of fused-ring (bicyclic) bond motifs is 1. The van der Waals surface area contributed by atoms with E-state index in [0.717, 1.165) is 15.9 Å². The standard InChI is InChI=1S/C23H20N4O5S/c1-3-32-23(30)17-16(14-7-5-9-26-12-14)18(22(29)31-2)21-27(19(17)24)20(28)15(33-21)10-13-6-4-8-25-11-13/h4-12,16H,3,24H2,1-2H3/b15-10-/t16-/m0/s1. The van der Waals surface area contributed by atoms with Crippen LogP contribution in [0.15, 0.2) is 59.4 Å². The monoisotopic (exact) mass is 464 g/mol. The molecule has 3 aromatic rings. The number of pyridine rings is 2. The molecule has 2 N–H and O–H groups in total. The van der Waals surface area contributed by atoms with Crippen LogP contribution in [0, 0.1) is 0 Å². The lowest BCUT2D eigenvalue weighted by molar-refractivity contribution is -0.138. The van der Waals surface area contributed by atoms with Crippen molar-refractivity contribution >= 4 is 40.7 Å². The summed E-state index contributed by atoms with van der Waals surface area (Å²) in [4.78, 5) is 47.5. The van der Waals surface area contributed by atoms with Gasteiger partial charge in [0.25, 0.3) is 5.56 Å². The highest BCUT2D eigenvalue weighted by Gasteiger charge is 2.39. The highest BCUT2D eigenvalue weighted by molar-refractivity contribution is 7.07. The predicted molar refractivity (Wildman–Crippen MR) is 122 cm³/mol. The number of methoxy groups -OCH3 is 1. The van der Waals surface area contributed by atoms with Crippen molar-refractivity contribution in [2.75, 3.05) is 13.7 Å². The van der Waals surface area contributed by atoms with E-state index in [4.69, 9.17) is 15.2 Å². The van der Waals surface area contributed by atoms with Crippen molar-refractivity contribution < 1.29 is 19.1 Å². The lowest BCUT2D eigenvalue weighted by Crippen LogP contribution is -2.41. The van der Waals surface area contributed by atoms with Crippen LogP contribution in [0.5, 0.6) is 0 Å². The molecule has 0 bridgehead atoms. The number of carbonyl (C=O) groups is 2. The molecule has 0 unspecified atom stereocenters. The first-order valence-corrected chi connectivity index (χ1v) is 10.8. The highest BCUT2D eigenvalue weighted by atomic mass is 32.1. The fourth-order valence-electron chi connectivity index (χ4n) is 3.66. The van der Waals surface area contributed by atoms with Gasteiger partial charge in [0.2, 0.25) is 0 Å². The first-order chi connectivity index (χ1) is 16.0. The van der Waals surface area contributed by atoms with E-state index in [9.17, 15) is 14.4 Å². The van der Waals surface area contributed by atoms with Crippen molar-refractivity contribution in [2.24, 2.45) is 5.73 Å². The molecular weight excluding hydrogens is 444 g/mol. The average molecular weight is 465 g/mol. The topological polar surface area (TPSA) is 126 Å². The van der Waals surface area contributed by atoms with Gasteiger partial charge in [-0.25, -0.2) is 9.59 Å². The molecule has 0 fully saturated rings. The minimum atomic E-state index is -0.922. The highest BCUT2D eigenvalue weighted by Crippen LogP contribution is 2.37. The molecule has 3 aromatic heterocycles. The number of esters is 2. The van der Waals surface area contributed by atoms with Crippen molar-refractivity contribution in [3.05, 3.63) is 85.3 Å². The van der Waals surface area contributed by atoms with E-state index >= 15 is 0 Å². The van der Waals surface area contributed by atoms with Gasteiger partial charge in [-0.3, -0.25) is 19.3 Å². The second kappa shape index (κ2) is 9.21. The fourth-order valence-corrected chi connectivity index (χ4v) is 4.82. The van der Waals surface area contributed by atoms with Gasteiger partial charge >= 0.3 is 11.9 Å². The summed E-state index contributed by atoms with van der Waals surface area (Å²) in [6, 6.07) is 6.94. The molecule has 1 atom stereocenters. The van der Waals surface area contributed by atoms with E-state index in [1.165, 1.54) is 13.3 Å². The molecule has 0 aromatic carbocycles. The van der Waals surface area contributed by atoms with Crippen molar-refractivity contribution in [3.8, 4) is 0 Å². The molecule has 1 aliphatic heterocycles. The van der Waals surface area contributed by atoms with E-state index < -0.39 is 23.4 Å². The van der Waals surface area contributed by atoms with Crippen LogP contribution >= 0.6 is 11.3 Å². The third-order valence-electron chi connectivity index (χ3n) is 5.05. The van der Waals surface area contributed by atoms with Crippen LogP contribution < -0.4 is 20.5 Å². The van der Waals surface area contributed by atoms with E-state index in [1.807, 2.05) is 0 Å². The van der Waals surface area contributed by atoms with Gasteiger partial charge in [0.15, 0.2) is 0 Å². The minimum Gasteiger partial charge on any atom is -0.466 e. The third-order valence-corrected chi connectivity index (χ3v) is 6.16. The molecule has 0 aliphatic carbocycles. The van der Waals surface area contributed by atoms with Crippen LogP contribution in [-0.4, -0.2) is 40.2 Å². The van der Waals surface area contributed by atoms with Gasteiger partial charge in [-0.1, -0.05) is 12.1 Å². The van der Waals surface area contributed by atoms with Gasteiger partial charge in [-0.2, -0.15) is 0 Å². The number of rotatable bonds is 5. The normalized spacial score (nSPS) is 15.9. The Balaban J connectivity index is 2.12. The van der Waals surface area contributed by atoms with Gasteiger partial charge in [0.05, 0.1) is 35.3 Å². The maximum absolute atomic E-state index is 13.3. The smallest absolute Gasteiger partial charge is 0.338 e. The zero-order valence-electron chi connectivity index (χ0n) is 17.8. The Hall–Kier alpha value is -4.05. The second-order valence-corrected chi connectivity index (χ2v) is 8.02. The van der Waals surface area contributed by atoms with Crippen molar-refractivity contribution in [3.63, 3.8) is 0 Å². The summed E-state index contributed by atoms with van der Waals surface area (Å²) in [5.41, 5.74) is 7.25. The predicted octanol–water partition coefficient (Wildman–Crippen LogP) is 0.340. The summed E-state index contributed by atoms with van der Waals surface area (Å²) in [6.45, 7) is 1.75. The number of hydrogen-bond acceptors (Lipinski definition) is 9. The van der Waals surface area contributed by atoms with Crippen LogP contribution in [0.3, 0.4) is 0 Å². The van der Waals surface area contributed by atoms with E-state index in [-0.39, 0.29) is 28.2 Å². The molecule has 0 spiro atoms. The average Bonchev–Trinajstić information content (AvgIpc) is 3.15. The molecule has 33 heavy (non-hydrogen) atoms. The Kier molecular flexibility index (Phi) is 6.18. The van der Waals surface area contributed by atoms with E-state index in [2.05, 4.69) is 9.97 Å². The molecule has 168 valence electrons. The number of thiazole rings is 1. The molecule has 0 radical (unpaired) electrons. The molecule has 1 aliphatic rings. The Morgan fingerprint density at radius 3 is 2.48 bits per heavy atom. The number of ether oxygens (including phenoxy) is 2. The minimum absolute atomic E-state index is 0.0226. The van der Waals surface area contributed by atoms with Crippen LogP contribution in [0.1, 0.15) is 24.0 Å². The number of carbonyl (C=O) groups excluding carboxylic acids is 2. The molecule has 0 saturated heterocycles. The largest absolute Gasteiger partial charge is 0.466 e. The van der Waals surface area contributed by atoms with E-state index in [1.54, 1.807) is 55.9 Å². The maximum atomic E-state index is 13.3. The van der Waals surface area contributed by atoms with Crippen molar-refractivity contribution in [2.45, 2.75) is 12.8 Å². The quantitative estimate of drug-likeness (QED) is 0.536. The van der Waals surface area contributed by atoms with Crippen LogP contribution in [-0.2, 0) is 19.1 Å². The Morgan fingerprint density at radius 2 is 1.88 bits per heavy atom. The summed E-state index contributed by atoms with van der Waals surface area (Å²) >= 11 is 1.08. The van der Waals surface area contributed by atoms with Gasteiger partial charge in [0, 0.05) is 24.8 Å². The summed E-state index contributed by atoms with van der Waals surface area (Å²) in [5, 5.41) is 0. The van der Waals surface area contributed by atoms with Crippen LogP contribution in [0.4, 0.5) is 0 Å². The second-order valence-electron chi connectivity index (χ2n) is 6.99. The summed E-state index contributed by atoms with van der Waals surface area (Å²) in [6.07, 6.45) is 7.98. The van der Waals surface area contributed by atoms with Crippen molar-refractivity contribution in [1.82, 2.24) is 14.5 Å². The lowest BCUT2D eigenvalue weighted by Gasteiger charge is -2.26. The lowest BCUT2D eigenvalue weighted by atomic mass is 9.84. The SMILES string of the molecule is CCOC(=O)C1=C(N)n2c(s/c(=C\c3cccnc3)c2=O)=C(C(=O)OC)[C@H]1c1cccnc1. The summed E-state index contributed by atoms with van der Waals surface area (Å²) < 4.78 is 12.0. The van der Waals surface area contributed by atoms with Crippen LogP contribution in [0.2, 0.25) is 0 Å². The third kappa shape index (κ3) is 3.96. The van der Waals surface area contributed by atoms with E-state index in [0.29, 0.717) is 15.7 Å². The first kappa shape index (κ1) is 22.2. The Bertz CT molecular complexity index is 1420.